The van der Waals surface area contributed by atoms with Crippen LogP contribution in [0.25, 0.3) is 0 Å². The van der Waals surface area contributed by atoms with Gasteiger partial charge >= 0.3 is 0 Å². The van der Waals surface area contributed by atoms with E-state index in [1.807, 2.05) is 0 Å². The van der Waals surface area contributed by atoms with E-state index < -0.39 is 0 Å². The monoisotopic (exact) mass is 339 g/mol. The van der Waals surface area contributed by atoms with Crippen LogP contribution < -0.4 is 5.32 Å². The van der Waals surface area contributed by atoms with Crippen LogP contribution in [-0.2, 0) is 30.7 Å². The fraction of sp³-hybridized carbons (Fsp3) is 0.526. The summed E-state index contributed by atoms with van der Waals surface area (Å²) >= 11 is 0. The zero-order chi connectivity index (χ0) is 17.2. The van der Waals surface area contributed by atoms with Crippen LogP contribution >= 0.6 is 0 Å². The molecule has 1 amide bonds. The summed E-state index contributed by atoms with van der Waals surface area (Å²) in [7, 11) is 0. The van der Waals surface area contributed by atoms with Crippen LogP contribution in [0.5, 0.6) is 0 Å². The Bertz CT molecular complexity index is 769. The Balaban J connectivity index is 1.37. The van der Waals surface area contributed by atoms with Gasteiger partial charge in [0.05, 0.1) is 19.1 Å². The number of carbonyl (C=O) groups is 1. The lowest BCUT2D eigenvalue weighted by Crippen LogP contribution is -2.43. The quantitative estimate of drug-likeness (QED) is 0.923. The van der Waals surface area contributed by atoms with Gasteiger partial charge in [-0.2, -0.15) is 0 Å². The highest BCUT2D eigenvalue weighted by molar-refractivity contribution is 5.78. The summed E-state index contributed by atoms with van der Waals surface area (Å²) in [5.41, 5.74) is 2.66. The third-order valence-electron chi connectivity index (χ3n) is 5.30. The minimum absolute atomic E-state index is 0.102. The molecular formula is C19H25N5O. The van der Waals surface area contributed by atoms with Crippen molar-refractivity contribution in [2.24, 2.45) is 0 Å². The molecule has 1 aliphatic heterocycles. The number of fused-ring (bicyclic) bond motifs is 2. The lowest BCUT2D eigenvalue weighted by atomic mass is 9.88. The van der Waals surface area contributed by atoms with Gasteiger partial charge in [0, 0.05) is 19.5 Å². The second-order valence-corrected chi connectivity index (χ2v) is 6.96. The largest absolute Gasteiger partial charge is 0.348 e. The molecule has 2 heterocycles. The lowest BCUT2D eigenvalue weighted by molar-refractivity contribution is -0.123. The molecule has 0 bridgehead atoms. The molecule has 2 aliphatic rings. The maximum Gasteiger partial charge on any atom is 0.234 e. The van der Waals surface area contributed by atoms with E-state index in [0.717, 1.165) is 50.4 Å². The van der Waals surface area contributed by atoms with Crippen LogP contribution in [0.1, 0.15) is 48.6 Å². The van der Waals surface area contributed by atoms with Gasteiger partial charge in [-0.1, -0.05) is 31.2 Å². The second kappa shape index (κ2) is 6.96. The van der Waals surface area contributed by atoms with Gasteiger partial charge in [0.25, 0.3) is 0 Å². The van der Waals surface area contributed by atoms with E-state index in [-0.39, 0.29) is 11.9 Å². The molecule has 25 heavy (non-hydrogen) atoms. The number of nitrogens with one attached hydrogen (secondary N) is 1. The molecule has 0 unspecified atom stereocenters. The van der Waals surface area contributed by atoms with Crippen LogP contribution in [0.3, 0.4) is 0 Å². The van der Waals surface area contributed by atoms with Crippen molar-refractivity contribution in [3.8, 4) is 0 Å². The van der Waals surface area contributed by atoms with E-state index in [1.165, 1.54) is 11.1 Å². The van der Waals surface area contributed by atoms with Crippen molar-refractivity contribution in [1.29, 1.82) is 0 Å². The smallest absolute Gasteiger partial charge is 0.234 e. The zero-order valence-corrected chi connectivity index (χ0v) is 14.7. The Morgan fingerprint density at radius 1 is 1.28 bits per heavy atom. The van der Waals surface area contributed by atoms with Crippen LogP contribution in [0.15, 0.2) is 24.3 Å². The van der Waals surface area contributed by atoms with Gasteiger partial charge in [-0.25, -0.2) is 0 Å². The molecule has 0 saturated carbocycles. The molecule has 1 N–H and O–H groups in total. The molecule has 1 aromatic heterocycles. The van der Waals surface area contributed by atoms with E-state index >= 15 is 0 Å². The van der Waals surface area contributed by atoms with Crippen LogP contribution in [-0.4, -0.2) is 38.7 Å². The molecule has 1 atom stereocenters. The standard InChI is InChI=1S/C19H25N5O/c1-2-17-21-22-18-12-23(10-11-24(17)18)13-19(25)20-16-9-5-7-14-6-3-4-8-15(14)16/h3-4,6,8,16H,2,5,7,9-13H2,1H3,(H,20,25)/t16-/m0/s1. The van der Waals surface area contributed by atoms with E-state index in [1.54, 1.807) is 0 Å². The molecule has 0 spiro atoms. The molecule has 1 aromatic carbocycles. The van der Waals surface area contributed by atoms with Gasteiger partial charge in [-0.05, 0) is 30.4 Å². The Kier molecular flexibility index (Phi) is 4.53. The average molecular weight is 339 g/mol. The minimum Gasteiger partial charge on any atom is -0.348 e. The number of rotatable bonds is 4. The van der Waals surface area contributed by atoms with Gasteiger partial charge in [-0.15, -0.1) is 10.2 Å². The number of hydrogen-bond donors (Lipinski definition) is 1. The van der Waals surface area contributed by atoms with E-state index in [4.69, 9.17) is 0 Å². The second-order valence-electron chi connectivity index (χ2n) is 6.96. The highest BCUT2D eigenvalue weighted by atomic mass is 16.2. The Labute approximate surface area is 148 Å². The summed E-state index contributed by atoms with van der Waals surface area (Å²) in [4.78, 5) is 14.7. The molecule has 0 fully saturated rings. The fourth-order valence-corrected chi connectivity index (χ4v) is 4.01. The van der Waals surface area contributed by atoms with Gasteiger partial charge in [0.2, 0.25) is 5.91 Å². The van der Waals surface area contributed by atoms with Gasteiger partial charge < -0.3 is 9.88 Å². The van der Waals surface area contributed by atoms with E-state index in [2.05, 4.69) is 56.2 Å². The van der Waals surface area contributed by atoms with Crippen molar-refractivity contribution in [2.45, 2.75) is 51.7 Å². The number of benzene rings is 1. The summed E-state index contributed by atoms with van der Waals surface area (Å²) in [6.45, 7) is 4.95. The third-order valence-corrected chi connectivity index (χ3v) is 5.30. The first-order valence-corrected chi connectivity index (χ1v) is 9.25. The van der Waals surface area contributed by atoms with Crippen LogP contribution in [0, 0.1) is 0 Å². The first kappa shape index (κ1) is 16.3. The Morgan fingerprint density at radius 3 is 3.04 bits per heavy atom. The summed E-state index contributed by atoms with van der Waals surface area (Å²) < 4.78 is 2.19. The number of nitrogens with zero attached hydrogens (tertiary/aromatic N) is 4. The highest BCUT2D eigenvalue weighted by Crippen LogP contribution is 2.29. The van der Waals surface area contributed by atoms with E-state index in [9.17, 15) is 4.79 Å². The fourth-order valence-electron chi connectivity index (χ4n) is 4.01. The predicted octanol–water partition coefficient (Wildman–Crippen LogP) is 1.85. The maximum absolute atomic E-state index is 12.6. The number of amides is 1. The normalized spacial score (nSPS) is 20.0. The predicted molar refractivity (Wildman–Crippen MR) is 94.9 cm³/mol. The molecule has 132 valence electrons. The van der Waals surface area contributed by atoms with Crippen molar-refractivity contribution in [2.75, 3.05) is 13.1 Å². The molecule has 6 nitrogen and oxygen atoms in total. The number of carbonyl (C=O) groups excluding carboxylic acids is 1. The van der Waals surface area contributed by atoms with Crippen molar-refractivity contribution < 1.29 is 4.79 Å². The summed E-state index contributed by atoms with van der Waals surface area (Å²) in [6.07, 6.45) is 4.17. The van der Waals surface area contributed by atoms with Gasteiger partial charge in [-0.3, -0.25) is 9.69 Å². The SMILES string of the molecule is CCc1nnc2n1CCN(CC(=O)N[C@H]1CCCc3ccccc31)C2. The molecule has 6 heteroatoms. The van der Waals surface area contributed by atoms with Crippen molar-refractivity contribution in [1.82, 2.24) is 25.0 Å². The molecular weight excluding hydrogens is 314 g/mol. The van der Waals surface area contributed by atoms with Crippen LogP contribution in [0.2, 0.25) is 0 Å². The average Bonchev–Trinajstić information content (AvgIpc) is 3.04. The highest BCUT2D eigenvalue weighted by Gasteiger charge is 2.25. The summed E-state index contributed by atoms with van der Waals surface area (Å²) in [6, 6.07) is 8.62. The first-order valence-electron chi connectivity index (χ1n) is 9.25. The van der Waals surface area contributed by atoms with Gasteiger partial charge in [0.15, 0.2) is 0 Å². The molecule has 4 rings (SSSR count). The third kappa shape index (κ3) is 3.31. The summed E-state index contributed by atoms with van der Waals surface area (Å²) in [5.74, 6) is 2.11. The number of aromatic nitrogens is 3. The molecule has 0 saturated heterocycles. The van der Waals surface area contributed by atoms with Crippen molar-refractivity contribution in [3.63, 3.8) is 0 Å². The first-order chi connectivity index (χ1) is 12.2. The molecule has 1 aliphatic carbocycles. The number of hydrogen-bond acceptors (Lipinski definition) is 4. The summed E-state index contributed by atoms with van der Waals surface area (Å²) in [5, 5.41) is 11.7. The molecule has 0 radical (unpaired) electrons. The minimum atomic E-state index is 0.102. The maximum atomic E-state index is 12.6. The topological polar surface area (TPSA) is 63.1 Å². The Hall–Kier alpha value is -2.21. The van der Waals surface area contributed by atoms with E-state index in [0.29, 0.717) is 13.1 Å². The van der Waals surface area contributed by atoms with Gasteiger partial charge in [0.1, 0.15) is 11.6 Å². The lowest BCUT2D eigenvalue weighted by Gasteiger charge is -2.30. The van der Waals surface area contributed by atoms with Crippen molar-refractivity contribution in [3.05, 3.63) is 47.0 Å². The van der Waals surface area contributed by atoms with Crippen molar-refractivity contribution >= 4 is 5.91 Å². The zero-order valence-electron chi connectivity index (χ0n) is 14.7. The number of aryl methyl sites for hydroxylation is 2. The molecule has 2 aromatic rings. The Morgan fingerprint density at radius 2 is 2.16 bits per heavy atom. The van der Waals surface area contributed by atoms with Crippen LogP contribution in [0.4, 0.5) is 0 Å².